The van der Waals surface area contributed by atoms with Gasteiger partial charge in [0.2, 0.25) is 11.9 Å². The highest BCUT2D eigenvalue weighted by Crippen LogP contribution is 2.45. The fourth-order valence-electron chi connectivity index (χ4n) is 2.97. The summed E-state index contributed by atoms with van der Waals surface area (Å²) in [5, 5.41) is 6.86. The molecule has 3 rings (SSSR count). The van der Waals surface area contributed by atoms with Gasteiger partial charge in [0.1, 0.15) is 12.1 Å². The summed E-state index contributed by atoms with van der Waals surface area (Å²) in [5.41, 5.74) is -0.403. The molecule has 1 fully saturated rings. The average Bonchev–Trinajstić information content (AvgIpc) is 2.93. The maximum absolute atomic E-state index is 12.8. The van der Waals surface area contributed by atoms with Gasteiger partial charge in [0, 0.05) is 6.04 Å². The molecule has 1 aliphatic carbocycles. The SMILES string of the molecule is CC(C)n1cnc(NC(=O)C2(c3cccc(OC(F)(F)F)c3)CCC2)n1. The molecule has 0 radical (unpaired) electrons. The molecule has 1 aliphatic rings. The number of nitrogens with zero attached hydrogens (tertiary/aromatic N) is 3. The van der Waals surface area contributed by atoms with E-state index in [9.17, 15) is 18.0 Å². The molecule has 2 aromatic rings. The van der Waals surface area contributed by atoms with Crippen molar-refractivity contribution >= 4 is 11.9 Å². The van der Waals surface area contributed by atoms with E-state index in [-0.39, 0.29) is 23.6 Å². The van der Waals surface area contributed by atoms with Crippen LogP contribution < -0.4 is 10.1 Å². The van der Waals surface area contributed by atoms with Crippen LogP contribution in [0.4, 0.5) is 19.1 Å². The predicted octanol–water partition coefficient (Wildman–Crippen LogP) is 3.82. The first-order valence-corrected chi connectivity index (χ1v) is 8.28. The van der Waals surface area contributed by atoms with Crippen LogP contribution in [-0.2, 0) is 10.2 Å². The van der Waals surface area contributed by atoms with Gasteiger partial charge in [-0.2, -0.15) is 0 Å². The summed E-state index contributed by atoms with van der Waals surface area (Å²) in [6.45, 7) is 3.86. The molecule has 1 aromatic heterocycles. The van der Waals surface area contributed by atoms with Crippen molar-refractivity contribution in [2.75, 3.05) is 5.32 Å². The highest BCUT2D eigenvalue weighted by atomic mass is 19.4. The van der Waals surface area contributed by atoms with E-state index in [4.69, 9.17) is 0 Å². The van der Waals surface area contributed by atoms with Crippen LogP contribution in [-0.4, -0.2) is 27.0 Å². The Bertz CT molecular complexity index is 797. The van der Waals surface area contributed by atoms with Crippen LogP contribution in [0, 0.1) is 0 Å². The van der Waals surface area contributed by atoms with Crippen molar-refractivity contribution in [1.29, 1.82) is 0 Å². The van der Waals surface area contributed by atoms with Crippen molar-refractivity contribution in [3.8, 4) is 5.75 Å². The van der Waals surface area contributed by atoms with Gasteiger partial charge in [-0.1, -0.05) is 18.6 Å². The van der Waals surface area contributed by atoms with E-state index in [0.29, 0.717) is 18.4 Å². The van der Waals surface area contributed by atoms with Gasteiger partial charge in [0.05, 0.1) is 5.41 Å². The number of aromatic nitrogens is 3. The van der Waals surface area contributed by atoms with Crippen molar-refractivity contribution in [3.05, 3.63) is 36.2 Å². The maximum Gasteiger partial charge on any atom is 0.573 e. The Balaban J connectivity index is 1.82. The van der Waals surface area contributed by atoms with Gasteiger partial charge in [-0.3, -0.25) is 10.1 Å². The molecule has 26 heavy (non-hydrogen) atoms. The number of benzene rings is 1. The quantitative estimate of drug-likeness (QED) is 0.871. The van der Waals surface area contributed by atoms with Crippen LogP contribution in [0.25, 0.3) is 0 Å². The second kappa shape index (κ2) is 6.62. The number of carbonyl (C=O) groups is 1. The van der Waals surface area contributed by atoms with Crippen LogP contribution in [0.2, 0.25) is 0 Å². The lowest BCUT2D eigenvalue weighted by Crippen LogP contribution is -2.46. The molecule has 0 spiro atoms. The van der Waals surface area contributed by atoms with Crippen molar-refractivity contribution in [3.63, 3.8) is 0 Å². The molecule has 1 aromatic carbocycles. The summed E-state index contributed by atoms with van der Waals surface area (Å²) in [5.74, 6) is -0.483. The number of halogens is 3. The third kappa shape index (κ3) is 3.66. The zero-order valence-electron chi connectivity index (χ0n) is 14.4. The van der Waals surface area contributed by atoms with Gasteiger partial charge in [-0.05, 0) is 44.4 Å². The molecule has 0 atom stereocenters. The number of carbonyl (C=O) groups excluding carboxylic acids is 1. The van der Waals surface area contributed by atoms with Crippen molar-refractivity contribution in [2.24, 2.45) is 0 Å². The van der Waals surface area contributed by atoms with Crippen LogP contribution in [0.1, 0.15) is 44.7 Å². The largest absolute Gasteiger partial charge is 0.573 e. The fourth-order valence-corrected chi connectivity index (χ4v) is 2.97. The van der Waals surface area contributed by atoms with E-state index < -0.39 is 11.8 Å². The summed E-state index contributed by atoms with van der Waals surface area (Å²) in [6, 6.07) is 5.68. The van der Waals surface area contributed by atoms with Gasteiger partial charge in [-0.15, -0.1) is 18.3 Å². The molecule has 0 unspecified atom stereocenters. The molecule has 1 amide bonds. The van der Waals surface area contributed by atoms with Crippen LogP contribution >= 0.6 is 0 Å². The molecule has 0 bridgehead atoms. The second-order valence-electron chi connectivity index (χ2n) is 6.61. The minimum atomic E-state index is -4.78. The number of ether oxygens (including phenoxy) is 1. The Morgan fingerprint density at radius 2 is 2.08 bits per heavy atom. The van der Waals surface area contributed by atoms with Crippen LogP contribution in [0.3, 0.4) is 0 Å². The van der Waals surface area contributed by atoms with E-state index in [1.807, 2.05) is 13.8 Å². The monoisotopic (exact) mass is 368 g/mol. The highest BCUT2D eigenvalue weighted by molar-refractivity contribution is 5.98. The number of hydrogen-bond acceptors (Lipinski definition) is 4. The minimum absolute atomic E-state index is 0.0991. The molecule has 0 aliphatic heterocycles. The molecule has 140 valence electrons. The Hall–Kier alpha value is -2.58. The first-order valence-electron chi connectivity index (χ1n) is 8.28. The first kappa shape index (κ1) is 18.2. The average molecular weight is 368 g/mol. The molecule has 1 heterocycles. The maximum atomic E-state index is 12.8. The standard InChI is InChI=1S/C17H19F3N4O2/c1-11(2)24-10-21-15(23-24)22-14(25)16(7-4-8-16)12-5-3-6-13(9-12)26-17(18,19)20/h3,5-6,9-11H,4,7-8H2,1-2H3,(H,22,23,25). The lowest BCUT2D eigenvalue weighted by atomic mass is 9.64. The Morgan fingerprint density at radius 1 is 1.35 bits per heavy atom. The van der Waals surface area contributed by atoms with E-state index in [0.717, 1.165) is 6.42 Å². The molecular formula is C17H19F3N4O2. The number of anilines is 1. The summed E-state index contributed by atoms with van der Waals surface area (Å²) in [6.07, 6.45) is -1.36. The fraction of sp³-hybridized carbons (Fsp3) is 0.471. The van der Waals surface area contributed by atoms with Gasteiger partial charge < -0.3 is 4.74 Å². The molecule has 1 N–H and O–H groups in total. The van der Waals surface area contributed by atoms with E-state index in [1.54, 1.807) is 10.7 Å². The van der Waals surface area contributed by atoms with Gasteiger partial charge >= 0.3 is 6.36 Å². The van der Waals surface area contributed by atoms with E-state index >= 15 is 0 Å². The predicted molar refractivity (Wildman–Crippen MR) is 87.7 cm³/mol. The van der Waals surface area contributed by atoms with Crippen molar-refractivity contribution in [1.82, 2.24) is 14.8 Å². The lowest BCUT2D eigenvalue weighted by molar-refractivity contribution is -0.274. The first-order chi connectivity index (χ1) is 12.2. The van der Waals surface area contributed by atoms with Crippen LogP contribution in [0.5, 0.6) is 5.75 Å². The summed E-state index contributed by atoms with van der Waals surface area (Å²) < 4.78 is 43.0. The number of alkyl halides is 3. The van der Waals surface area contributed by atoms with Gasteiger partial charge in [0.15, 0.2) is 0 Å². The summed E-state index contributed by atoms with van der Waals surface area (Å²) in [7, 11) is 0. The topological polar surface area (TPSA) is 69.0 Å². The zero-order valence-corrected chi connectivity index (χ0v) is 14.4. The van der Waals surface area contributed by atoms with Crippen LogP contribution in [0.15, 0.2) is 30.6 Å². The summed E-state index contributed by atoms with van der Waals surface area (Å²) in [4.78, 5) is 16.9. The Kier molecular flexibility index (Phi) is 4.64. The normalized spacial score (nSPS) is 16.2. The smallest absolute Gasteiger partial charge is 0.406 e. The number of amides is 1. The molecule has 0 saturated heterocycles. The Labute approximate surface area is 148 Å². The van der Waals surface area contributed by atoms with Crippen molar-refractivity contribution < 1.29 is 22.7 Å². The molecule has 6 nitrogen and oxygen atoms in total. The van der Waals surface area contributed by atoms with E-state index in [2.05, 4.69) is 20.1 Å². The van der Waals surface area contributed by atoms with Gasteiger partial charge in [-0.25, -0.2) is 9.67 Å². The molecule has 9 heteroatoms. The summed E-state index contributed by atoms with van der Waals surface area (Å²) >= 11 is 0. The zero-order chi connectivity index (χ0) is 18.9. The number of rotatable bonds is 5. The third-order valence-electron chi connectivity index (χ3n) is 4.52. The number of nitrogens with one attached hydrogen (secondary N) is 1. The lowest BCUT2D eigenvalue weighted by Gasteiger charge is -2.40. The minimum Gasteiger partial charge on any atom is -0.406 e. The third-order valence-corrected chi connectivity index (χ3v) is 4.52. The highest BCUT2D eigenvalue weighted by Gasteiger charge is 2.46. The number of hydrogen-bond donors (Lipinski definition) is 1. The molecule has 1 saturated carbocycles. The Morgan fingerprint density at radius 3 is 2.62 bits per heavy atom. The molecular weight excluding hydrogens is 349 g/mol. The van der Waals surface area contributed by atoms with Gasteiger partial charge in [0.25, 0.3) is 0 Å². The van der Waals surface area contributed by atoms with Crippen molar-refractivity contribution in [2.45, 2.75) is 50.9 Å². The van der Waals surface area contributed by atoms with E-state index in [1.165, 1.54) is 24.5 Å². The second-order valence-corrected chi connectivity index (χ2v) is 6.61.